The molecule has 8 heteroatoms. The number of guanidine groups is 1. The SMILES string of the molecule is CCNC(=NCc1ccc(C)cc1OCCOCC)NCC1(C(=O)N(C)C)CCCC1.I. The highest BCUT2D eigenvalue weighted by Gasteiger charge is 2.42. The summed E-state index contributed by atoms with van der Waals surface area (Å²) >= 11 is 0. The number of hydrogen-bond donors (Lipinski definition) is 2. The molecule has 7 nitrogen and oxygen atoms in total. The van der Waals surface area contributed by atoms with E-state index in [0.29, 0.717) is 32.9 Å². The summed E-state index contributed by atoms with van der Waals surface area (Å²) in [6.07, 6.45) is 4.04. The first-order chi connectivity index (χ1) is 14.9. The number of halogens is 1. The van der Waals surface area contributed by atoms with Gasteiger partial charge in [-0.15, -0.1) is 24.0 Å². The molecule has 0 atom stereocenters. The molecule has 0 unspecified atom stereocenters. The molecule has 0 radical (unpaired) electrons. The molecule has 32 heavy (non-hydrogen) atoms. The monoisotopic (exact) mass is 560 g/mol. The predicted octanol–water partition coefficient (Wildman–Crippen LogP) is 3.73. The van der Waals surface area contributed by atoms with Crippen molar-refractivity contribution in [3.8, 4) is 5.75 Å². The molecule has 1 aliphatic carbocycles. The van der Waals surface area contributed by atoms with Gasteiger partial charge in [0.15, 0.2) is 5.96 Å². The van der Waals surface area contributed by atoms with Gasteiger partial charge in [-0.3, -0.25) is 4.79 Å². The summed E-state index contributed by atoms with van der Waals surface area (Å²) in [5.41, 5.74) is 1.84. The summed E-state index contributed by atoms with van der Waals surface area (Å²) in [4.78, 5) is 19.3. The van der Waals surface area contributed by atoms with E-state index in [-0.39, 0.29) is 35.3 Å². The summed E-state index contributed by atoms with van der Waals surface area (Å²) in [7, 11) is 3.68. The van der Waals surface area contributed by atoms with Crippen LogP contribution in [0.3, 0.4) is 0 Å². The number of hydrogen-bond acceptors (Lipinski definition) is 4. The lowest BCUT2D eigenvalue weighted by Crippen LogP contribution is -2.49. The number of aryl methyl sites for hydroxylation is 1. The Morgan fingerprint density at radius 2 is 1.88 bits per heavy atom. The Morgan fingerprint density at radius 3 is 2.50 bits per heavy atom. The van der Waals surface area contributed by atoms with Crippen molar-refractivity contribution in [1.29, 1.82) is 0 Å². The third kappa shape index (κ3) is 8.42. The Kier molecular flexibility index (Phi) is 13.0. The highest BCUT2D eigenvalue weighted by molar-refractivity contribution is 14.0. The van der Waals surface area contributed by atoms with E-state index < -0.39 is 0 Å². The van der Waals surface area contributed by atoms with Crippen LogP contribution in [-0.4, -0.2) is 63.8 Å². The standard InChI is InChI=1S/C24H40N4O3.HI/c1-6-25-23(27-18-24(12-8-9-13-24)22(29)28(4)5)26-17-20-11-10-19(3)16-21(20)31-15-14-30-7-2;/h10-11,16H,6-9,12-15,17-18H2,1-5H3,(H2,25,26,27);1H. The van der Waals surface area contributed by atoms with Gasteiger partial charge in [0, 0.05) is 39.4 Å². The maximum Gasteiger partial charge on any atom is 0.230 e. The average molecular weight is 561 g/mol. The van der Waals surface area contributed by atoms with Crippen LogP contribution in [0, 0.1) is 12.3 Å². The van der Waals surface area contributed by atoms with Gasteiger partial charge in [0.1, 0.15) is 12.4 Å². The van der Waals surface area contributed by atoms with Gasteiger partial charge in [-0.2, -0.15) is 0 Å². The molecule has 0 aliphatic heterocycles. The fraction of sp³-hybridized carbons (Fsp3) is 0.667. The van der Waals surface area contributed by atoms with E-state index in [0.717, 1.165) is 55.1 Å². The van der Waals surface area contributed by atoms with Gasteiger partial charge in [-0.05, 0) is 45.2 Å². The van der Waals surface area contributed by atoms with Crippen LogP contribution in [0.1, 0.15) is 50.7 Å². The number of amides is 1. The molecule has 0 heterocycles. The van der Waals surface area contributed by atoms with E-state index in [9.17, 15) is 4.79 Å². The van der Waals surface area contributed by atoms with Gasteiger partial charge >= 0.3 is 0 Å². The quantitative estimate of drug-likeness (QED) is 0.187. The second kappa shape index (κ2) is 14.6. The number of carbonyl (C=O) groups is 1. The minimum absolute atomic E-state index is 0. The molecule has 1 aromatic carbocycles. The van der Waals surface area contributed by atoms with E-state index in [4.69, 9.17) is 14.5 Å². The largest absolute Gasteiger partial charge is 0.491 e. The third-order valence-corrected chi connectivity index (χ3v) is 5.68. The van der Waals surface area contributed by atoms with Gasteiger partial charge in [-0.1, -0.05) is 25.0 Å². The molecule has 0 bridgehead atoms. The van der Waals surface area contributed by atoms with Crippen LogP contribution in [-0.2, 0) is 16.1 Å². The Hall–Kier alpha value is -1.55. The van der Waals surface area contributed by atoms with Crippen molar-refractivity contribution in [3.05, 3.63) is 29.3 Å². The number of rotatable bonds is 11. The van der Waals surface area contributed by atoms with E-state index >= 15 is 0 Å². The molecular formula is C24H41IN4O3. The van der Waals surface area contributed by atoms with Gasteiger partial charge in [0.2, 0.25) is 5.91 Å². The Balaban J connectivity index is 0.00000512. The third-order valence-electron chi connectivity index (χ3n) is 5.68. The molecule has 1 aliphatic rings. The van der Waals surface area contributed by atoms with Crippen molar-refractivity contribution in [3.63, 3.8) is 0 Å². The first kappa shape index (κ1) is 28.5. The fourth-order valence-corrected chi connectivity index (χ4v) is 4.03. The lowest BCUT2D eigenvalue weighted by Gasteiger charge is -2.31. The Morgan fingerprint density at radius 1 is 1.16 bits per heavy atom. The lowest BCUT2D eigenvalue weighted by atomic mass is 9.84. The molecular weight excluding hydrogens is 519 g/mol. The van der Waals surface area contributed by atoms with Crippen molar-refractivity contribution >= 4 is 35.8 Å². The highest BCUT2D eigenvalue weighted by atomic mass is 127. The zero-order chi connectivity index (χ0) is 22.7. The number of carbonyl (C=O) groups excluding carboxylic acids is 1. The van der Waals surface area contributed by atoms with Crippen LogP contribution >= 0.6 is 24.0 Å². The molecule has 2 N–H and O–H groups in total. The van der Waals surface area contributed by atoms with Crippen LogP contribution in [0.4, 0.5) is 0 Å². The minimum atomic E-state index is -0.336. The molecule has 2 rings (SSSR count). The summed E-state index contributed by atoms with van der Waals surface area (Å²) < 4.78 is 11.3. The van der Waals surface area contributed by atoms with Crippen molar-refractivity contribution in [2.75, 3.05) is 47.0 Å². The van der Waals surface area contributed by atoms with Gasteiger partial charge < -0.3 is 25.0 Å². The van der Waals surface area contributed by atoms with E-state index in [1.54, 1.807) is 4.90 Å². The van der Waals surface area contributed by atoms with Crippen LogP contribution in [0.15, 0.2) is 23.2 Å². The number of nitrogens with zero attached hydrogens (tertiary/aromatic N) is 2. The fourth-order valence-electron chi connectivity index (χ4n) is 4.03. The second-order valence-electron chi connectivity index (χ2n) is 8.39. The predicted molar refractivity (Wildman–Crippen MR) is 141 cm³/mol. The van der Waals surface area contributed by atoms with Crippen LogP contribution in [0.5, 0.6) is 5.75 Å². The van der Waals surface area contributed by atoms with Gasteiger partial charge in [0.05, 0.1) is 18.6 Å². The van der Waals surface area contributed by atoms with Crippen molar-refractivity contribution in [2.24, 2.45) is 10.4 Å². The molecule has 0 aromatic heterocycles. The molecule has 0 saturated heterocycles. The summed E-state index contributed by atoms with van der Waals surface area (Å²) in [6.45, 7) is 9.69. The first-order valence-electron chi connectivity index (χ1n) is 11.5. The zero-order valence-corrected chi connectivity index (χ0v) is 22.7. The molecule has 1 aromatic rings. The number of benzene rings is 1. The molecule has 182 valence electrons. The first-order valence-corrected chi connectivity index (χ1v) is 11.5. The molecule has 1 amide bonds. The zero-order valence-electron chi connectivity index (χ0n) is 20.3. The topological polar surface area (TPSA) is 75.2 Å². The van der Waals surface area contributed by atoms with Crippen LogP contribution < -0.4 is 15.4 Å². The second-order valence-corrected chi connectivity index (χ2v) is 8.39. The number of aliphatic imine (C=N–C) groups is 1. The van der Waals surface area contributed by atoms with Crippen molar-refractivity contribution < 1.29 is 14.3 Å². The maximum absolute atomic E-state index is 12.8. The Bertz CT molecular complexity index is 734. The number of nitrogens with one attached hydrogen (secondary N) is 2. The summed E-state index contributed by atoms with van der Waals surface area (Å²) in [5, 5.41) is 6.74. The van der Waals surface area contributed by atoms with Crippen molar-refractivity contribution in [1.82, 2.24) is 15.5 Å². The highest BCUT2D eigenvalue weighted by Crippen LogP contribution is 2.38. The summed E-state index contributed by atoms with van der Waals surface area (Å²) in [6, 6.07) is 6.18. The summed E-state index contributed by atoms with van der Waals surface area (Å²) in [5.74, 6) is 1.77. The van der Waals surface area contributed by atoms with Gasteiger partial charge in [-0.25, -0.2) is 4.99 Å². The minimum Gasteiger partial charge on any atom is -0.491 e. The molecule has 1 fully saturated rings. The smallest absolute Gasteiger partial charge is 0.230 e. The normalized spacial score (nSPS) is 15.1. The van der Waals surface area contributed by atoms with Crippen LogP contribution in [0.25, 0.3) is 0 Å². The molecule has 0 spiro atoms. The Labute approximate surface area is 210 Å². The number of ether oxygens (including phenoxy) is 2. The lowest BCUT2D eigenvalue weighted by molar-refractivity contribution is -0.138. The van der Waals surface area contributed by atoms with E-state index in [2.05, 4.69) is 29.7 Å². The maximum atomic E-state index is 12.8. The van der Waals surface area contributed by atoms with Gasteiger partial charge in [0.25, 0.3) is 0 Å². The van der Waals surface area contributed by atoms with Crippen LogP contribution in [0.2, 0.25) is 0 Å². The van der Waals surface area contributed by atoms with E-state index in [1.807, 2.05) is 34.0 Å². The molecule has 1 saturated carbocycles. The van der Waals surface area contributed by atoms with Crippen molar-refractivity contribution in [2.45, 2.75) is 53.0 Å². The van der Waals surface area contributed by atoms with E-state index in [1.165, 1.54) is 0 Å². The average Bonchev–Trinajstić information content (AvgIpc) is 3.23.